The van der Waals surface area contributed by atoms with Crippen molar-refractivity contribution in [1.82, 2.24) is 15.2 Å². The van der Waals surface area contributed by atoms with E-state index in [1.807, 2.05) is 44.7 Å². The molecule has 0 aromatic carbocycles. The number of carbonyl (C=O) groups excluding carboxylic acids is 1. The predicted molar refractivity (Wildman–Crippen MR) is 97.9 cm³/mol. The zero-order chi connectivity index (χ0) is 18.1. The van der Waals surface area contributed by atoms with E-state index < -0.39 is 0 Å². The van der Waals surface area contributed by atoms with Crippen molar-refractivity contribution < 1.29 is 14.1 Å². The third-order valence-corrected chi connectivity index (χ3v) is 5.42. The van der Waals surface area contributed by atoms with Crippen LogP contribution in [-0.4, -0.2) is 53.9 Å². The fraction of sp³-hybridized carbons (Fsp3) is 0.667. The second-order valence-electron chi connectivity index (χ2n) is 7.85. The maximum absolute atomic E-state index is 11.9. The molecule has 1 aromatic rings. The Morgan fingerprint density at radius 1 is 1.20 bits per heavy atom. The maximum atomic E-state index is 11.9. The summed E-state index contributed by atoms with van der Waals surface area (Å²) in [6.45, 7) is 10.5. The van der Waals surface area contributed by atoms with Gasteiger partial charge >= 0.3 is 13.1 Å². The van der Waals surface area contributed by atoms with Crippen molar-refractivity contribution in [2.24, 2.45) is 0 Å². The first-order chi connectivity index (χ1) is 11.8. The number of nitrogens with one attached hydrogen (secondary N) is 1. The highest BCUT2D eigenvalue weighted by atomic mass is 16.7. The molecule has 2 aliphatic heterocycles. The minimum absolute atomic E-state index is 0.0336. The van der Waals surface area contributed by atoms with E-state index in [4.69, 9.17) is 9.31 Å². The largest absolute Gasteiger partial charge is 0.496 e. The number of pyridine rings is 1. The molecule has 2 amide bonds. The summed E-state index contributed by atoms with van der Waals surface area (Å²) in [6.07, 6.45) is 4.73. The van der Waals surface area contributed by atoms with E-state index in [0.717, 1.165) is 37.1 Å². The SMILES string of the molecule is CC1(C)OB(c2ccc(CCNC(=O)N3CCCC3)nc2)OC1(C)C. The van der Waals surface area contributed by atoms with Crippen molar-refractivity contribution in [3.63, 3.8) is 0 Å². The lowest BCUT2D eigenvalue weighted by molar-refractivity contribution is 0.00578. The van der Waals surface area contributed by atoms with Crippen LogP contribution >= 0.6 is 0 Å². The molecule has 3 heterocycles. The van der Waals surface area contributed by atoms with Crippen LogP contribution in [-0.2, 0) is 15.7 Å². The van der Waals surface area contributed by atoms with Crippen LogP contribution in [0.5, 0.6) is 0 Å². The van der Waals surface area contributed by atoms with Gasteiger partial charge in [0.25, 0.3) is 0 Å². The molecule has 0 saturated carbocycles. The summed E-state index contributed by atoms with van der Waals surface area (Å²) in [6, 6.07) is 4.00. The summed E-state index contributed by atoms with van der Waals surface area (Å²) in [4.78, 5) is 18.3. The number of nitrogens with zero attached hydrogens (tertiary/aromatic N) is 2. The second-order valence-corrected chi connectivity index (χ2v) is 7.85. The Morgan fingerprint density at radius 3 is 2.40 bits per heavy atom. The molecular weight excluding hydrogens is 317 g/mol. The molecule has 0 unspecified atom stereocenters. The van der Waals surface area contributed by atoms with E-state index in [2.05, 4.69) is 10.3 Å². The van der Waals surface area contributed by atoms with Crippen molar-refractivity contribution in [3.8, 4) is 0 Å². The smallest absolute Gasteiger partial charge is 0.399 e. The third-order valence-electron chi connectivity index (χ3n) is 5.42. The summed E-state index contributed by atoms with van der Waals surface area (Å²) in [5, 5.41) is 2.96. The summed E-state index contributed by atoms with van der Waals surface area (Å²) < 4.78 is 12.1. The Hall–Kier alpha value is -1.60. The Morgan fingerprint density at radius 2 is 1.84 bits per heavy atom. The first-order valence-electron chi connectivity index (χ1n) is 9.12. The number of carbonyl (C=O) groups is 1. The molecule has 25 heavy (non-hydrogen) atoms. The van der Waals surface area contributed by atoms with Gasteiger partial charge in [-0.2, -0.15) is 0 Å². The summed E-state index contributed by atoms with van der Waals surface area (Å²) in [7, 11) is -0.388. The standard InChI is InChI=1S/C18H28BN3O3/c1-17(2)18(3,4)25-19(24-17)14-7-8-15(21-13-14)9-10-20-16(23)22-11-5-6-12-22/h7-8,13H,5-6,9-12H2,1-4H3,(H,20,23). The molecule has 7 heteroatoms. The number of likely N-dealkylation sites (tertiary alicyclic amines) is 1. The van der Waals surface area contributed by atoms with Crippen LogP contribution < -0.4 is 10.8 Å². The van der Waals surface area contributed by atoms with Crippen LogP contribution in [0.25, 0.3) is 0 Å². The summed E-state index contributed by atoms with van der Waals surface area (Å²) in [5.74, 6) is 0. The van der Waals surface area contributed by atoms with Gasteiger partial charge in [0.2, 0.25) is 0 Å². The van der Waals surface area contributed by atoms with Crippen LogP contribution in [0.1, 0.15) is 46.2 Å². The summed E-state index contributed by atoms with van der Waals surface area (Å²) >= 11 is 0. The fourth-order valence-electron chi connectivity index (χ4n) is 3.03. The van der Waals surface area contributed by atoms with Crippen molar-refractivity contribution >= 4 is 18.6 Å². The normalized spacial score (nSPS) is 21.6. The number of hydrogen-bond acceptors (Lipinski definition) is 4. The molecule has 0 spiro atoms. The maximum Gasteiger partial charge on any atom is 0.496 e. The van der Waals surface area contributed by atoms with Gasteiger partial charge in [0.1, 0.15) is 0 Å². The lowest BCUT2D eigenvalue weighted by atomic mass is 9.80. The zero-order valence-electron chi connectivity index (χ0n) is 15.7. The molecule has 3 rings (SSSR count). The summed E-state index contributed by atoms with van der Waals surface area (Å²) in [5.41, 5.74) is 1.16. The Balaban J connectivity index is 1.50. The van der Waals surface area contributed by atoms with Crippen molar-refractivity contribution in [3.05, 3.63) is 24.0 Å². The molecular formula is C18H28BN3O3. The van der Waals surface area contributed by atoms with Gasteiger partial charge in [-0.3, -0.25) is 4.98 Å². The fourth-order valence-corrected chi connectivity index (χ4v) is 3.03. The van der Waals surface area contributed by atoms with Crippen LogP contribution in [0.4, 0.5) is 4.79 Å². The molecule has 0 radical (unpaired) electrons. The average molecular weight is 345 g/mol. The number of hydrogen-bond donors (Lipinski definition) is 1. The molecule has 1 N–H and O–H groups in total. The topological polar surface area (TPSA) is 63.7 Å². The Bertz CT molecular complexity index is 596. The van der Waals surface area contributed by atoms with E-state index in [0.29, 0.717) is 13.0 Å². The van der Waals surface area contributed by atoms with Gasteiger partial charge in [-0.25, -0.2) is 4.79 Å². The van der Waals surface area contributed by atoms with Gasteiger partial charge in [-0.1, -0.05) is 6.07 Å². The first kappa shape index (κ1) is 18.2. The van der Waals surface area contributed by atoms with E-state index in [1.54, 1.807) is 6.20 Å². The quantitative estimate of drug-likeness (QED) is 0.845. The van der Waals surface area contributed by atoms with Gasteiger partial charge in [0.15, 0.2) is 0 Å². The average Bonchev–Trinajstić information content (AvgIpc) is 3.15. The highest BCUT2D eigenvalue weighted by Gasteiger charge is 2.51. The number of rotatable bonds is 4. The van der Waals surface area contributed by atoms with Crippen LogP contribution in [0.2, 0.25) is 0 Å². The van der Waals surface area contributed by atoms with Crippen molar-refractivity contribution in [2.75, 3.05) is 19.6 Å². The van der Waals surface area contributed by atoms with Gasteiger partial charge < -0.3 is 19.5 Å². The molecule has 136 valence electrons. The number of urea groups is 1. The third kappa shape index (κ3) is 3.98. The molecule has 0 aliphatic carbocycles. The van der Waals surface area contributed by atoms with Gasteiger partial charge in [0.05, 0.1) is 11.2 Å². The molecule has 1 aromatic heterocycles. The molecule has 6 nitrogen and oxygen atoms in total. The second kappa shape index (κ2) is 6.96. The number of aromatic nitrogens is 1. The zero-order valence-corrected chi connectivity index (χ0v) is 15.7. The lowest BCUT2D eigenvalue weighted by Crippen LogP contribution is -2.41. The molecule has 2 fully saturated rings. The first-order valence-corrected chi connectivity index (χ1v) is 9.12. The lowest BCUT2D eigenvalue weighted by Gasteiger charge is -2.32. The van der Waals surface area contributed by atoms with Gasteiger partial charge in [-0.15, -0.1) is 0 Å². The Labute approximate surface area is 150 Å². The minimum atomic E-state index is -0.388. The van der Waals surface area contributed by atoms with E-state index >= 15 is 0 Å². The van der Waals surface area contributed by atoms with E-state index in [9.17, 15) is 4.79 Å². The minimum Gasteiger partial charge on any atom is -0.399 e. The highest BCUT2D eigenvalue weighted by molar-refractivity contribution is 6.62. The molecule has 2 aliphatic rings. The van der Waals surface area contributed by atoms with Crippen LogP contribution in [0.15, 0.2) is 18.3 Å². The molecule has 0 bridgehead atoms. The van der Waals surface area contributed by atoms with Crippen molar-refractivity contribution in [1.29, 1.82) is 0 Å². The van der Waals surface area contributed by atoms with Gasteiger partial charge in [0, 0.05) is 43.4 Å². The highest BCUT2D eigenvalue weighted by Crippen LogP contribution is 2.36. The molecule has 2 saturated heterocycles. The number of amides is 2. The predicted octanol–water partition coefficient (Wildman–Crippen LogP) is 1.73. The van der Waals surface area contributed by atoms with Gasteiger partial charge in [-0.05, 0) is 46.6 Å². The monoisotopic (exact) mass is 345 g/mol. The van der Waals surface area contributed by atoms with E-state index in [1.165, 1.54) is 0 Å². The molecule has 0 atom stereocenters. The van der Waals surface area contributed by atoms with Crippen LogP contribution in [0, 0.1) is 0 Å². The van der Waals surface area contributed by atoms with E-state index in [-0.39, 0.29) is 24.4 Å². The van der Waals surface area contributed by atoms with Crippen molar-refractivity contribution in [2.45, 2.75) is 58.2 Å². The van der Waals surface area contributed by atoms with Crippen LogP contribution in [0.3, 0.4) is 0 Å². The Kier molecular flexibility index (Phi) is 5.07.